The minimum Gasteiger partial charge on any atom is -0.465 e. The molecule has 1 rings (SSSR count). The number of imidazole rings is 1. The Morgan fingerprint density at radius 1 is 1.53 bits per heavy atom. The standard InChI is InChI=1S/C11H21N3O/c1-4-14-8-7-13-11(14)15-9-5-6-12-10(2)3/h7-8,10,12H,4-6,9H2,1-3H3. The summed E-state index contributed by atoms with van der Waals surface area (Å²) >= 11 is 0. The fourth-order valence-corrected chi connectivity index (χ4v) is 1.30. The molecule has 1 heterocycles. The molecule has 86 valence electrons. The largest absolute Gasteiger partial charge is 0.465 e. The third kappa shape index (κ3) is 4.34. The summed E-state index contributed by atoms with van der Waals surface area (Å²) in [5.74, 6) is 0. The van der Waals surface area contributed by atoms with Crippen molar-refractivity contribution < 1.29 is 4.74 Å². The van der Waals surface area contributed by atoms with E-state index in [2.05, 4.69) is 31.1 Å². The summed E-state index contributed by atoms with van der Waals surface area (Å²) in [7, 11) is 0. The van der Waals surface area contributed by atoms with Crippen LogP contribution in [0.5, 0.6) is 6.01 Å². The van der Waals surface area contributed by atoms with Crippen LogP contribution >= 0.6 is 0 Å². The van der Waals surface area contributed by atoms with Crippen molar-refractivity contribution in [2.24, 2.45) is 0 Å². The van der Waals surface area contributed by atoms with Gasteiger partial charge in [0.25, 0.3) is 6.01 Å². The molecule has 0 unspecified atom stereocenters. The van der Waals surface area contributed by atoms with Gasteiger partial charge in [-0.1, -0.05) is 13.8 Å². The van der Waals surface area contributed by atoms with Gasteiger partial charge >= 0.3 is 0 Å². The van der Waals surface area contributed by atoms with Crippen LogP contribution in [-0.4, -0.2) is 28.7 Å². The molecular formula is C11H21N3O. The molecule has 0 saturated heterocycles. The number of aryl methyl sites for hydroxylation is 1. The lowest BCUT2D eigenvalue weighted by molar-refractivity contribution is 0.271. The zero-order chi connectivity index (χ0) is 11.1. The molecule has 15 heavy (non-hydrogen) atoms. The van der Waals surface area contributed by atoms with Gasteiger partial charge in [0.15, 0.2) is 0 Å². The summed E-state index contributed by atoms with van der Waals surface area (Å²) in [6.45, 7) is 8.98. The smallest absolute Gasteiger partial charge is 0.296 e. The first-order chi connectivity index (χ1) is 7.24. The summed E-state index contributed by atoms with van der Waals surface area (Å²) < 4.78 is 7.56. The van der Waals surface area contributed by atoms with Crippen LogP contribution in [0.2, 0.25) is 0 Å². The molecule has 4 heteroatoms. The summed E-state index contributed by atoms with van der Waals surface area (Å²) in [5, 5.41) is 3.35. The number of ether oxygens (including phenoxy) is 1. The van der Waals surface area contributed by atoms with Crippen molar-refractivity contribution in [3.8, 4) is 6.01 Å². The van der Waals surface area contributed by atoms with Crippen LogP contribution in [-0.2, 0) is 6.54 Å². The fourth-order valence-electron chi connectivity index (χ4n) is 1.30. The average Bonchev–Trinajstić information content (AvgIpc) is 2.64. The van der Waals surface area contributed by atoms with Gasteiger partial charge in [0, 0.05) is 25.0 Å². The van der Waals surface area contributed by atoms with Crippen molar-refractivity contribution in [2.45, 2.75) is 39.8 Å². The van der Waals surface area contributed by atoms with Crippen LogP contribution in [0.3, 0.4) is 0 Å². The van der Waals surface area contributed by atoms with Crippen molar-refractivity contribution in [2.75, 3.05) is 13.2 Å². The molecule has 0 atom stereocenters. The highest BCUT2D eigenvalue weighted by molar-refractivity contribution is 4.97. The van der Waals surface area contributed by atoms with E-state index in [1.54, 1.807) is 6.20 Å². The maximum Gasteiger partial charge on any atom is 0.296 e. The Hall–Kier alpha value is -1.03. The molecule has 0 radical (unpaired) electrons. The van der Waals surface area contributed by atoms with Crippen molar-refractivity contribution in [3.05, 3.63) is 12.4 Å². The highest BCUT2D eigenvalue weighted by atomic mass is 16.5. The molecule has 0 aliphatic heterocycles. The first-order valence-corrected chi connectivity index (χ1v) is 5.61. The van der Waals surface area contributed by atoms with Gasteiger partial charge in [0.05, 0.1) is 6.61 Å². The molecule has 0 aliphatic carbocycles. The van der Waals surface area contributed by atoms with E-state index in [1.807, 2.05) is 10.8 Å². The van der Waals surface area contributed by atoms with Gasteiger partial charge < -0.3 is 14.6 Å². The van der Waals surface area contributed by atoms with Crippen LogP contribution in [0.15, 0.2) is 12.4 Å². The Morgan fingerprint density at radius 3 is 3.00 bits per heavy atom. The second-order valence-corrected chi connectivity index (χ2v) is 3.81. The first kappa shape index (κ1) is 12.0. The van der Waals surface area contributed by atoms with Crippen LogP contribution < -0.4 is 10.1 Å². The topological polar surface area (TPSA) is 39.1 Å². The van der Waals surface area contributed by atoms with Crippen LogP contribution in [0.1, 0.15) is 27.2 Å². The normalized spacial score (nSPS) is 10.9. The Balaban J connectivity index is 2.15. The maximum absolute atomic E-state index is 5.56. The minimum atomic E-state index is 0.544. The van der Waals surface area contributed by atoms with Crippen LogP contribution in [0.4, 0.5) is 0 Å². The van der Waals surface area contributed by atoms with E-state index in [-0.39, 0.29) is 0 Å². The molecule has 0 saturated carbocycles. The second kappa shape index (κ2) is 6.45. The van der Waals surface area contributed by atoms with Crippen molar-refractivity contribution in [3.63, 3.8) is 0 Å². The molecule has 1 aromatic heterocycles. The van der Waals surface area contributed by atoms with E-state index in [0.717, 1.165) is 32.1 Å². The molecule has 0 fully saturated rings. The second-order valence-electron chi connectivity index (χ2n) is 3.81. The number of aromatic nitrogens is 2. The number of nitrogens with zero attached hydrogens (tertiary/aromatic N) is 2. The van der Waals surface area contributed by atoms with Gasteiger partial charge in [-0.2, -0.15) is 0 Å². The Labute approximate surface area is 91.7 Å². The van der Waals surface area contributed by atoms with Gasteiger partial charge in [0.1, 0.15) is 0 Å². The van der Waals surface area contributed by atoms with E-state index >= 15 is 0 Å². The van der Waals surface area contributed by atoms with Crippen LogP contribution in [0, 0.1) is 0 Å². The predicted octanol–water partition coefficient (Wildman–Crippen LogP) is 1.67. The highest BCUT2D eigenvalue weighted by Crippen LogP contribution is 2.06. The lowest BCUT2D eigenvalue weighted by Gasteiger charge is -2.09. The zero-order valence-electron chi connectivity index (χ0n) is 9.86. The van der Waals surface area contributed by atoms with Crippen LogP contribution in [0.25, 0.3) is 0 Å². The van der Waals surface area contributed by atoms with Crippen molar-refractivity contribution >= 4 is 0 Å². The van der Waals surface area contributed by atoms with E-state index in [0.29, 0.717) is 6.04 Å². The molecule has 0 aromatic carbocycles. The molecule has 0 bridgehead atoms. The molecule has 0 aliphatic rings. The van der Waals surface area contributed by atoms with Crippen molar-refractivity contribution in [1.82, 2.24) is 14.9 Å². The summed E-state index contributed by atoms with van der Waals surface area (Å²) in [6, 6.07) is 1.27. The number of rotatable bonds is 7. The molecule has 0 amide bonds. The minimum absolute atomic E-state index is 0.544. The summed E-state index contributed by atoms with van der Waals surface area (Å²) in [4.78, 5) is 4.14. The molecule has 4 nitrogen and oxygen atoms in total. The molecular weight excluding hydrogens is 190 g/mol. The van der Waals surface area contributed by atoms with E-state index in [1.165, 1.54) is 0 Å². The SMILES string of the molecule is CCn1ccnc1OCCCNC(C)C. The van der Waals surface area contributed by atoms with Gasteiger partial charge in [-0.3, -0.25) is 0 Å². The first-order valence-electron chi connectivity index (χ1n) is 5.61. The number of nitrogens with one attached hydrogen (secondary N) is 1. The molecule has 1 aromatic rings. The number of hydrogen-bond donors (Lipinski definition) is 1. The molecule has 1 N–H and O–H groups in total. The van der Waals surface area contributed by atoms with E-state index in [4.69, 9.17) is 4.74 Å². The van der Waals surface area contributed by atoms with E-state index < -0.39 is 0 Å². The van der Waals surface area contributed by atoms with Gasteiger partial charge in [-0.25, -0.2) is 4.98 Å². The summed E-state index contributed by atoms with van der Waals surface area (Å²) in [6.07, 6.45) is 4.71. The Bertz CT molecular complexity index is 271. The Morgan fingerprint density at radius 2 is 2.33 bits per heavy atom. The zero-order valence-corrected chi connectivity index (χ0v) is 9.86. The van der Waals surface area contributed by atoms with Gasteiger partial charge in [0.2, 0.25) is 0 Å². The van der Waals surface area contributed by atoms with Crippen molar-refractivity contribution in [1.29, 1.82) is 0 Å². The predicted molar refractivity (Wildman–Crippen MR) is 61.2 cm³/mol. The Kier molecular flexibility index (Phi) is 5.18. The fraction of sp³-hybridized carbons (Fsp3) is 0.727. The molecule has 0 spiro atoms. The summed E-state index contributed by atoms with van der Waals surface area (Å²) in [5.41, 5.74) is 0. The lowest BCUT2D eigenvalue weighted by atomic mass is 10.3. The third-order valence-corrected chi connectivity index (χ3v) is 2.12. The lowest BCUT2D eigenvalue weighted by Crippen LogP contribution is -2.25. The average molecular weight is 211 g/mol. The van der Waals surface area contributed by atoms with Gasteiger partial charge in [-0.15, -0.1) is 0 Å². The maximum atomic E-state index is 5.56. The van der Waals surface area contributed by atoms with E-state index in [9.17, 15) is 0 Å². The quantitative estimate of drug-likeness (QED) is 0.697. The number of hydrogen-bond acceptors (Lipinski definition) is 3. The van der Waals surface area contributed by atoms with Gasteiger partial charge in [-0.05, 0) is 19.9 Å². The highest BCUT2D eigenvalue weighted by Gasteiger charge is 2.00. The monoisotopic (exact) mass is 211 g/mol. The third-order valence-electron chi connectivity index (χ3n) is 2.12.